The molecule has 0 saturated carbocycles. The van der Waals surface area contributed by atoms with E-state index in [1.807, 2.05) is 20.8 Å². The lowest BCUT2D eigenvalue weighted by molar-refractivity contribution is -0.385. The predicted molar refractivity (Wildman–Crippen MR) is 69.9 cm³/mol. The third-order valence-electron chi connectivity index (χ3n) is 2.77. The predicted octanol–water partition coefficient (Wildman–Crippen LogP) is 3.02. The number of nitro benzene ring substituents is 1. The monoisotopic (exact) mass is 270 g/mol. The van der Waals surface area contributed by atoms with Gasteiger partial charge < -0.3 is 5.32 Å². The van der Waals surface area contributed by atoms with E-state index < -0.39 is 10.8 Å². The SMILES string of the molecule is CC(C)C(C)NC(=O)c1cccc(Cl)c1[N+](=O)[O-]. The molecule has 1 rings (SSSR count). The number of benzene rings is 1. The molecule has 0 heterocycles. The highest BCUT2D eigenvalue weighted by Gasteiger charge is 2.24. The topological polar surface area (TPSA) is 72.2 Å². The lowest BCUT2D eigenvalue weighted by atomic mass is 10.1. The Morgan fingerprint density at radius 3 is 2.50 bits per heavy atom. The molecule has 0 radical (unpaired) electrons. The van der Waals surface area contributed by atoms with E-state index >= 15 is 0 Å². The standard InChI is InChI=1S/C12H15ClN2O3/c1-7(2)8(3)14-12(16)9-5-4-6-10(13)11(9)15(17)18/h4-8H,1-3H3,(H,14,16). The van der Waals surface area contributed by atoms with Gasteiger partial charge in [-0.05, 0) is 25.0 Å². The molecule has 0 aliphatic carbocycles. The van der Waals surface area contributed by atoms with Crippen molar-refractivity contribution in [2.75, 3.05) is 0 Å². The average molecular weight is 271 g/mol. The Balaban J connectivity index is 3.06. The van der Waals surface area contributed by atoms with Gasteiger partial charge in [-0.3, -0.25) is 14.9 Å². The highest BCUT2D eigenvalue weighted by atomic mass is 35.5. The van der Waals surface area contributed by atoms with Crippen LogP contribution in [-0.4, -0.2) is 16.9 Å². The Kier molecular flexibility index (Phi) is 4.67. The Morgan fingerprint density at radius 1 is 1.39 bits per heavy atom. The summed E-state index contributed by atoms with van der Waals surface area (Å²) in [6, 6.07) is 4.23. The van der Waals surface area contributed by atoms with Crippen molar-refractivity contribution in [1.82, 2.24) is 5.32 Å². The number of hydrogen-bond acceptors (Lipinski definition) is 3. The summed E-state index contributed by atoms with van der Waals surface area (Å²) in [7, 11) is 0. The van der Waals surface area contributed by atoms with E-state index in [4.69, 9.17) is 11.6 Å². The van der Waals surface area contributed by atoms with Gasteiger partial charge in [0.1, 0.15) is 10.6 Å². The molecule has 0 aromatic heterocycles. The van der Waals surface area contributed by atoms with Crippen LogP contribution in [0.1, 0.15) is 31.1 Å². The molecule has 0 fully saturated rings. The first kappa shape index (κ1) is 14.4. The summed E-state index contributed by atoms with van der Waals surface area (Å²) in [5.41, 5.74) is -0.368. The minimum absolute atomic E-state index is 0.0139. The van der Waals surface area contributed by atoms with E-state index in [0.717, 1.165) is 0 Å². The van der Waals surface area contributed by atoms with Crippen molar-refractivity contribution < 1.29 is 9.72 Å². The van der Waals surface area contributed by atoms with E-state index in [0.29, 0.717) is 0 Å². The van der Waals surface area contributed by atoms with Crippen molar-refractivity contribution >= 4 is 23.2 Å². The van der Waals surface area contributed by atoms with Crippen LogP contribution in [0.2, 0.25) is 5.02 Å². The molecule has 0 aliphatic heterocycles. The highest BCUT2D eigenvalue weighted by Crippen LogP contribution is 2.28. The van der Waals surface area contributed by atoms with E-state index in [1.54, 1.807) is 0 Å². The van der Waals surface area contributed by atoms with Gasteiger partial charge in [0.2, 0.25) is 0 Å². The van der Waals surface area contributed by atoms with Crippen molar-refractivity contribution in [3.8, 4) is 0 Å². The lowest BCUT2D eigenvalue weighted by Crippen LogP contribution is -2.36. The Morgan fingerprint density at radius 2 is 2.00 bits per heavy atom. The second-order valence-corrected chi connectivity index (χ2v) is 4.81. The first-order chi connectivity index (χ1) is 8.34. The fourth-order valence-corrected chi connectivity index (χ4v) is 1.58. The van der Waals surface area contributed by atoms with Crippen molar-refractivity contribution in [3.05, 3.63) is 38.9 Å². The van der Waals surface area contributed by atoms with Crippen LogP contribution < -0.4 is 5.32 Å². The second-order valence-electron chi connectivity index (χ2n) is 4.40. The largest absolute Gasteiger partial charge is 0.349 e. The fourth-order valence-electron chi connectivity index (χ4n) is 1.34. The second kappa shape index (κ2) is 5.82. The number of carbonyl (C=O) groups excluding carboxylic acids is 1. The van der Waals surface area contributed by atoms with Crippen molar-refractivity contribution in [2.24, 2.45) is 5.92 Å². The number of rotatable bonds is 4. The van der Waals surface area contributed by atoms with Crippen LogP contribution in [0.15, 0.2) is 18.2 Å². The van der Waals surface area contributed by atoms with Crippen molar-refractivity contribution in [3.63, 3.8) is 0 Å². The van der Waals surface area contributed by atoms with Crippen molar-refractivity contribution in [1.29, 1.82) is 0 Å². The van der Waals surface area contributed by atoms with Gasteiger partial charge in [0.25, 0.3) is 5.91 Å². The van der Waals surface area contributed by atoms with Crippen LogP contribution in [0.5, 0.6) is 0 Å². The number of hydrogen-bond donors (Lipinski definition) is 1. The Hall–Kier alpha value is -1.62. The zero-order chi connectivity index (χ0) is 13.9. The molecular formula is C12H15ClN2O3. The molecule has 6 heteroatoms. The molecule has 1 aromatic carbocycles. The molecule has 0 aliphatic rings. The Bertz CT molecular complexity index is 474. The summed E-state index contributed by atoms with van der Waals surface area (Å²) in [5.74, 6) is -0.238. The first-order valence-corrected chi connectivity index (χ1v) is 5.96. The minimum Gasteiger partial charge on any atom is -0.349 e. The van der Waals surface area contributed by atoms with E-state index in [-0.39, 0.29) is 28.2 Å². The molecule has 1 unspecified atom stereocenters. The molecule has 0 spiro atoms. The van der Waals surface area contributed by atoms with Crippen LogP contribution >= 0.6 is 11.6 Å². The number of para-hydroxylation sites is 1. The van der Waals surface area contributed by atoms with Crippen LogP contribution in [0.3, 0.4) is 0 Å². The fraction of sp³-hybridized carbons (Fsp3) is 0.417. The quantitative estimate of drug-likeness (QED) is 0.675. The average Bonchev–Trinajstić information content (AvgIpc) is 2.27. The van der Waals surface area contributed by atoms with Gasteiger partial charge in [-0.25, -0.2) is 0 Å². The number of carbonyl (C=O) groups is 1. The molecular weight excluding hydrogens is 256 g/mol. The maximum absolute atomic E-state index is 12.0. The molecule has 1 N–H and O–H groups in total. The molecule has 18 heavy (non-hydrogen) atoms. The lowest BCUT2D eigenvalue weighted by Gasteiger charge is -2.17. The first-order valence-electron chi connectivity index (χ1n) is 5.58. The van der Waals surface area contributed by atoms with Gasteiger partial charge in [-0.1, -0.05) is 31.5 Å². The highest BCUT2D eigenvalue weighted by molar-refractivity contribution is 6.33. The number of halogens is 1. The summed E-state index contributed by atoms with van der Waals surface area (Å²) in [5, 5.41) is 13.6. The molecule has 98 valence electrons. The van der Waals surface area contributed by atoms with Crippen LogP contribution in [0.25, 0.3) is 0 Å². The number of nitrogens with zero attached hydrogens (tertiary/aromatic N) is 1. The maximum atomic E-state index is 12.0. The molecule has 5 nitrogen and oxygen atoms in total. The number of nitrogens with one attached hydrogen (secondary N) is 1. The van der Waals surface area contributed by atoms with E-state index in [9.17, 15) is 14.9 Å². The third-order valence-corrected chi connectivity index (χ3v) is 3.08. The zero-order valence-corrected chi connectivity index (χ0v) is 11.2. The van der Waals surface area contributed by atoms with Crippen molar-refractivity contribution in [2.45, 2.75) is 26.8 Å². The van der Waals surface area contributed by atoms with Gasteiger partial charge in [0.15, 0.2) is 0 Å². The maximum Gasteiger partial charge on any atom is 0.300 e. The molecule has 1 atom stereocenters. The number of nitro groups is 1. The molecule has 1 aromatic rings. The van der Waals surface area contributed by atoms with Crippen LogP contribution in [0, 0.1) is 16.0 Å². The molecule has 0 saturated heterocycles. The summed E-state index contributed by atoms with van der Waals surface area (Å²) in [6.45, 7) is 5.76. The number of amides is 1. The summed E-state index contributed by atoms with van der Waals surface area (Å²) >= 11 is 5.75. The van der Waals surface area contributed by atoms with Crippen LogP contribution in [0.4, 0.5) is 5.69 Å². The molecule has 1 amide bonds. The normalized spacial score (nSPS) is 12.3. The van der Waals surface area contributed by atoms with Gasteiger partial charge in [-0.15, -0.1) is 0 Å². The summed E-state index contributed by atoms with van der Waals surface area (Å²) in [6.07, 6.45) is 0. The minimum atomic E-state index is -0.642. The van der Waals surface area contributed by atoms with Gasteiger partial charge in [0, 0.05) is 6.04 Å². The third kappa shape index (κ3) is 3.20. The Labute approximate surface area is 110 Å². The van der Waals surface area contributed by atoms with Gasteiger partial charge in [-0.2, -0.15) is 0 Å². The summed E-state index contributed by atoms with van der Waals surface area (Å²) < 4.78 is 0. The van der Waals surface area contributed by atoms with Crippen LogP contribution in [-0.2, 0) is 0 Å². The van der Waals surface area contributed by atoms with E-state index in [2.05, 4.69) is 5.32 Å². The van der Waals surface area contributed by atoms with Gasteiger partial charge >= 0.3 is 5.69 Å². The van der Waals surface area contributed by atoms with E-state index in [1.165, 1.54) is 18.2 Å². The smallest absolute Gasteiger partial charge is 0.300 e. The zero-order valence-electron chi connectivity index (χ0n) is 10.4. The van der Waals surface area contributed by atoms with Gasteiger partial charge in [0.05, 0.1) is 4.92 Å². The summed E-state index contributed by atoms with van der Waals surface area (Å²) in [4.78, 5) is 22.2. The molecule has 0 bridgehead atoms.